The maximum Gasteiger partial charge on any atom is 0.195 e. The van der Waals surface area contributed by atoms with Crippen LogP contribution >= 0.6 is 0 Å². The Kier molecular flexibility index (Phi) is 3.02. The Morgan fingerprint density at radius 1 is 1.30 bits per heavy atom. The summed E-state index contributed by atoms with van der Waals surface area (Å²) in [7, 11) is 0. The first-order valence-corrected chi connectivity index (χ1v) is 8.95. The number of H-pyrrole nitrogens is 1. The fourth-order valence-electron chi connectivity index (χ4n) is 4.61. The van der Waals surface area contributed by atoms with E-state index in [1.54, 1.807) is 0 Å². The highest BCUT2D eigenvalue weighted by Gasteiger charge is 2.36. The van der Waals surface area contributed by atoms with E-state index in [1.165, 1.54) is 48.9 Å². The molecule has 3 aliphatic heterocycles. The number of nitrogens with one attached hydrogen (secondary N) is 1. The maximum atomic E-state index is 5.95. The molecule has 120 valence electrons. The quantitative estimate of drug-likeness (QED) is 0.793. The van der Waals surface area contributed by atoms with E-state index in [0.717, 1.165) is 35.7 Å². The van der Waals surface area contributed by atoms with E-state index in [4.69, 9.17) is 9.40 Å². The molecule has 5 heterocycles. The lowest BCUT2D eigenvalue weighted by Gasteiger charge is -2.44. The van der Waals surface area contributed by atoms with Crippen molar-refractivity contribution in [2.45, 2.75) is 38.5 Å². The molecule has 0 amide bonds. The van der Waals surface area contributed by atoms with Crippen molar-refractivity contribution in [3.05, 3.63) is 29.8 Å². The van der Waals surface area contributed by atoms with Crippen LogP contribution in [-0.2, 0) is 6.42 Å². The monoisotopic (exact) mass is 309 g/mol. The third-order valence-electron chi connectivity index (χ3n) is 5.80. The molecule has 1 atom stereocenters. The Bertz CT molecular complexity index is 854. The molecule has 6 rings (SSSR count). The lowest BCUT2D eigenvalue weighted by molar-refractivity contribution is 0.0877. The molecule has 3 fully saturated rings. The van der Waals surface area contributed by atoms with Crippen LogP contribution in [0.1, 0.15) is 43.6 Å². The van der Waals surface area contributed by atoms with Crippen LogP contribution in [0.2, 0.25) is 0 Å². The summed E-state index contributed by atoms with van der Waals surface area (Å²) in [4.78, 5) is 10.9. The van der Waals surface area contributed by atoms with Crippen LogP contribution in [0.5, 0.6) is 0 Å². The molecule has 0 aliphatic carbocycles. The van der Waals surface area contributed by atoms with Gasteiger partial charge in [-0.15, -0.1) is 0 Å². The molecule has 2 bridgehead atoms. The molecule has 0 radical (unpaired) electrons. The molecule has 3 saturated heterocycles. The second-order valence-electron chi connectivity index (χ2n) is 7.18. The second kappa shape index (κ2) is 5.10. The molecule has 1 unspecified atom stereocenters. The average Bonchev–Trinajstić information content (AvgIpc) is 3.19. The minimum absolute atomic E-state index is 0.642. The largest absolute Gasteiger partial charge is 0.441 e. The summed E-state index contributed by atoms with van der Waals surface area (Å²) in [6, 6.07) is 4.20. The topological polar surface area (TPSA) is 45.1 Å². The molecular formula is C19H23N3O. The Morgan fingerprint density at radius 3 is 2.91 bits per heavy atom. The zero-order valence-electron chi connectivity index (χ0n) is 13.6. The van der Waals surface area contributed by atoms with Crippen molar-refractivity contribution in [3.8, 4) is 0 Å². The molecule has 23 heavy (non-hydrogen) atoms. The number of aryl methyl sites for hydroxylation is 1. The van der Waals surface area contributed by atoms with E-state index < -0.39 is 0 Å². The minimum atomic E-state index is 0.642. The van der Waals surface area contributed by atoms with Crippen molar-refractivity contribution in [2.24, 2.45) is 5.92 Å². The van der Waals surface area contributed by atoms with Crippen LogP contribution in [-0.4, -0.2) is 34.5 Å². The van der Waals surface area contributed by atoms with Gasteiger partial charge in [-0.25, -0.2) is 4.98 Å². The minimum Gasteiger partial charge on any atom is -0.441 e. The van der Waals surface area contributed by atoms with E-state index in [-0.39, 0.29) is 0 Å². The van der Waals surface area contributed by atoms with Crippen molar-refractivity contribution in [2.75, 3.05) is 19.6 Å². The summed E-state index contributed by atoms with van der Waals surface area (Å²) in [5.74, 6) is 2.34. The molecule has 0 saturated carbocycles. The molecule has 1 N–H and O–H groups in total. The predicted molar refractivity (Wildman–Crippen MR) is 91.8 cm³/mol. The van der Waals surface area contributed by atoms with Crippen LogP contribution in [0.15, 0.2) is 22.7 Å². The van der Waals surface area contributed by atoms with Crippen molar-refractivity contribution >= 4 is 22.0 Å². The molecule has 3 aromatic rings. The molecule has 4 nitrogen and oxygen atoms in total. The predicted octanol–water partition coefficient (Wildman–Crippen LogP) is 4.07. The summed E-state index contributed by atoms with van der Waals surface area (Å²) >= 11 is 0. The van der Waals surface area contributed by atoms with Gasteiger partial charge in [-0.3, -0.25) is 0 Å². The third-order valence-corrected chi connectivity index (χ3v) is 5.80. The van der Waals surface area contributed by atoms with Crippen LogP contribution in [0, 0.1) is 5.92 Å². The van der Waals surface area contributed by atoms with E-state index in [1.807, 2.05) is 0 Å². The zero-order valence-corrected chi connectivity index (χ0v) is 13.6. The average molecular weight is 309 g/mol. The number of aromatic amines is 1. The number of piperidine rings is 3. The summed E-state index contributed by atoms with van der Waals surface area (Å²) in [5.41, 5.74) is 4.64. The number of hydrogen-bond donors (Lipinski definition) is 1. The Morgan fingerprint density at radius 2 is 2.17 bits per heavy atom. The zero-order chi connectivity index (χ0) is 15.4. The van der Waals surface area contributed by atoms with Crippen molar-refractivity contribution < 1.29 is 4.42 Å². The number of fused-ring (bicyclic) bond motifs is 6. The van der Waals surface area contributed by atoms with E-state index in [9.17, 15) is 0 Å². The van der Waals surface area contributed by atoms with Crippen molar-refractivity contribution in [1.29, 1.82) is 0 Å². The first-order valence-electron chi connectivity index (χ1n) is 8.95. The highest BCUT2D eigenvalue weighted by atomic mass is 16.3. The smallest absolute Gasteiger partial charge is 0.195 e. The lowest BCUT2D eigenvalue weighted by atomic mass is 9.75. The van der Waals surface area contributed by atoms with Gasteiger partial charge >= 0.3 is 0 Å². The molecular weight excluding hydrogens is 286 g/mol. The first kappa shape index (κ1) is 13.6. The van der Waals surface area contributed by atoms with Gasteiger partial charge in [0.05, 0.1) is 0 Å². The Balaban J connectivity index is 1.67. The van der Waals surface area contributed by atoms with Gasteiger partial charge in [-0.1, -0.05) is 6.92 Å². The molecule has 3 aliphatic rings. The highest BCUT2D eigenvalue weighted by molar-refractivity contribution is 6.04. The van der Waals surface area contributed by atoms with Gasteiger partial charge in [-0.05, 0) is 56.0 Å². The SMILES string of the molecule is CCCc1nc2c(ccc3[nH]cc(C4CN5CCC4CC5)c32)o1. The van der Waals surface area contributed by atoms with Gasteiger partial charge in [0, 0.05) is 36.0 Å². The maximum absolute atomic E-state index is 5.95. The van der Waals surface area contributed by atoms with E-state index in [0.29, 0.717) is 5.92 Å². The fraction of sp³-hybridized carbons (Fsp3) is 0.526. The molecule has 2 aromatic heterocycles. The fourth-order valence-corrected chi connectivity index (χ4v) is 4.61. The normalized spacial score (nSPS) is 27.3. The van der Waals surface area contributed by atoms with Crippen molar-refractivity contribution in [3.63, 3.8) is 0 Å². The van der Waals surface area contributed by atoms with Crippen LogP contribution in [0.25, 0.3) is 22.0 Å². The number of oxazole rings is 1. The first-order chi connectivity index (χ1) is 11.3. The number of hydrogen-bond acceptors (Lipinski definition) is 3. The summed E-state index contributed by atoms with van der Waals surface area (Å²) in [5, 5.41) is 1.30. The van der Waals surface area contributed by atoms with Crippen LogP contribution in [0.3, 0.4) is 0 Å². The molecule has 1 aromatic carbocycles. The van der Waals surface area contributed by atoms with Gasteiger partial charge in [0.25, 0.3) is 0 Å². The number of aromatic nitrogens is 2. The van der Waals surface area contributed by atoms with Crippen molar-refractivity contribution in [1.82, 2.24) is 14.9 Å². The third kappa shape index (κ3) is 2.04. The Labute approximate surface area is 135 Å². The van der Waals surface area contributed by atoms with Gasteiger partial charge in [0.1, 0.15) is 5.52 Å². The van der Waals surface area contributed by atoms with Crippen LogP contribution < -0.4 is 0 Å². The van der Waals surface area contributed by atoms with E-state index in [2.05, 4.69) is 35.1 Å². The summed E-state index contributed by atoms with van der Waals surface area (Å²) in [6.45, 7) is 5.93. The number of benzene rings is 1. The van der Waals surface area contributed by atoms with E-state index >= 15 is 0 Å². The standard InChI is InChI=1S/C19H23N3O/c1-2-3-17-21-19-16(23-17)5-4-15-18(19)13(10-20-15)14-11-22-8-6-12(14)7-9-22/h4-5,10,12,14,20H,2-3,6-9,11H2,1H3. The number of nitrogens with zero attached hydrogens (tertiary/aromatic N) is 2. The van der Waals surface area contributed by atoms with Gasteiger partial charge in [0.15, 0.2) is 11.5 Å². The Hall–Kier alpha value is -1.81. The molecule has 4 heteroatoms. The highest BCUT2D eigenvalue weighted by Crippen LogP contribution is 2.42. The van der Waals surface area contributed by atoms with Gasteiger partial charge in [0.2, 0.25) is 0 Å². The number of rotatable bonds is 3. The van der Waals surface area contributed by atoms with Gasteiger partial charge in [-0.2, -0.15) is 0 Å². The lowest BCUT2D eigenvalue weighted by Crippen LogP contribution is -2.46. The second-order valence-corrected chi connectivity index (χ2v) is 7.18. The molecule has 0 spiro atoms. The van der Waals surface area contributed by atoms with Crippen LogP contribution in [0.4, 0.5) is 0 Å². The summed E-state index contributed by atoms with van der Waals surface area (Å²) < 4.78 is 5.95. The summed E-state index contributed by atoms with van der Waals surface area (Å²) in [6.07, 6.45) is 6.89. The van der Waals surface area contributed by atoms with Gasteiger partial charge < -0.3 is 14.3 Å².